The van der Waals surface area contributed by atoms with Crippen LogP contribution in [0.3, 0.4) is 0 Å². The van der Waals surface area contributed by atoms with Gasteiger partial charge in [-0.2, -0.15) is 5.26 Å². The van der Waals surface area contributed by atoms with Crippen LogP contribution in [0.15, 0.2) is 29.3 Å². The van der Waals surface area contributed by atoms with E-state index in [9.17, 15) is 14.4 Å². The van der Waals surface area contributed by atoms with E-state index in [0.29, 0.717) is 22.0 Å². The molecule has 1 amide bonds. The van der Waals surface area contributed by atoms with Crippen molar-refractivity contribution in [3.05, 3.63) is 51.9 Å². The first-order chi connectivity index (χ1) is 13.1. The molecule has 1 heterocycles. The van der Waals surface area contributed by atoms with E-state index >= 15 is 0 Å². The molecular weight excluding hydrogens is 385 g/mol. The summed E-state index contributed by atoms with van der Waals surface area (Å²) in [6.07, 6.45) is 5.63. The van der Waals surface area contributed by atoms with Crippen molar-refractivity contribution in [2.45, 2.75) is 43.6 Å². The molecule has 3 rings (SSSR count). The third kappa shape index (κ3) is 5.21. The van der Waals surface area contributed by atoms with Crippen LogP contribution in [0.1, 0.15) is 42.5 Å². The van der Waals surface area contributed by atoms with Gasteiger partial charge in [0, 0.05) is 23.6 Å². The van der Waals surface area contributed by atoms with Gasteiger partial charge < -0.3 is 5.32 Å². The number of halogens is 2. The number of amides is 1. The number of nitrogens with one attached hydrogen (secondary N) is 1. The lowest BCUT2D eigenvalue weighted by Gasteiger charge is -2.10. The lowest BCUT2D eigenvalue weighted by molar-refractivity contribution is -0.115. The van der Waals surface area contributed by atoms with Crippen molar-refractivity contribution in [3.8, 4) is 6.07 Å². The lowest BCUT2D eigenvalue weighted by Crippen LogP contribution is -2.12. The number of thioether (sulfide) groups is 1. The topological polar surface area (TPSA) is 65.8 Å². The minimum Gasteiger partial charge on any atom is -0.326 e. The zero-order chi connectivity index (χ0) is 19.2. The molecule has 1 aromatic carbocycles. The number of anilines is 1. The van der Waals surface area contributed by atoms with Gasteiger partial charge in [-0.3, -0.25) is 4.79 Å². The minimum absolute atomic E-state index is 0.0324. The van der Waals surface area contributed by atoms with Gasteiger partial charge >= 0.3 is 0 Å². The summed E-state index contributed by atoms with van der Waals surface area (Å²) in [6, 6.07) is 8.24. The van der Waals surface area contributed by atoms with E-state index in [2.05, 4.69) is 11.4 Å². The highest BCUT2D eigenvalue weighted by Crippen LogP contribution is 2.27. The fraction of sp³-hybridized carbons (Fsp3) is 0.350. The third-order valence-corrected chi connectivity index (χ3v) is 5.69. The van der Waals surface area contributed by atoms with Gasteiger partial charge in [0.2, 0.25) is 5.91 Å². The maximum Gasteiger partial charge on any atom is 0.225 e. The summed E-state index contributed by atoms with van der Waals surface area (Å²) in [7, 11) is 0. The second kappa shape index (κ2) is 9.20. The Bertz CT molecular complexity index is 898. The monoisotopic (exact) mass is 403 g/mol. The Hall–Kier alpha value is -2.10. The van der Waals surface area contributed by atoms with E-state index in [1.54, 1.807) is 0 Å². The number of aryl methyl sites for hydroxylation is 2. The van der Waals surface area contributed by atoms with Gasteiger partial charge in [-0.05, 0) is 55.5 Å². The fourth-order valence-corrected chi connectivity index (χ4v) is 4.12. The number of rotatable bonds is 5. The van der Waals surface area contributed by atoms with Gasteiger partial charge in [0.25, 0.3) is 0 Å². The summed E-state index contributed by atoms with van der Waals surface area (Å²) in [5.74, 6) is -0.219. The Morgan fingerprint density at radius 2 is 2.11 bits per heavy atom. The molecule has 0 fully saturated rings. The highest BCUT2D eigenvalue weighted by molar-refractivity contribution is 7.99. The molecule has 0 saturated carbocycles. The number of carbonyl (C=O) groups excluding carboxylic acids is 1. The molecule has 0 bridgehead atoms. The summed E-state index contributed by atoms with van der Waals surface area (Å²) in [5.41, 5.74) is 3.29. The Labute approximate surface area is 167 Å². The first-order valence-electron chi connectivity index (χ1n) is 8.87. The third-order valence-electron chi connectivity index (χ3n) is 4.41. The number of nitriles is 1. The summed E-state index contributed by atoms with van der Waals surface area (Å²) in [5, 5.41) is 12.8. The summed E-state index contributed by atoms with van der Waals surface area (Å²) < 4.78 is 13.2. The van der Waals surface area contributed by atoms with Crippen LogP contribution in [-0.2, 0) is 17.6 Å². The van der Waals surface area contributed by atoms with Crippen LogP contribution in [0, 0.1) is 17.1 Å². The number of aromatic nitrogens is 1. The second-order valence-corrected chi connectivity index (χ2v) is 7.89. The van der Waals surface area contributed by atoms with Gasteiger partial charge in [0.15, 0.2) is 0 Å². The molecule has 140 valence electrons. The fourth-order valence-electron chi connectivity index (χ4n) is 3.02. The number of benzene rings is 1. The number of pyridine rings is 1. The summed E-state index contributed by atoms with van der Waals surface area (Å²) >= 11 is 7.13. The van der Waals surface area contributed by atoms with E-state index < -0.39 is 5.82 Å². The van der Waals surface area contributed by atoms with E-state index in [-0.39, 0.29) is 17.4 Å². The highest BCUT2D eigenvalue weighted by Gasteiger charge is 2.15. The van der Waals surface area contributed by atoms with Gasteiger partial charge in [-0.1, -0.05) is 18.0 Å². The molecule has 0 spiro atoms. The van der Waals surface area contributed by atoms with Gasteiger partial charge in [-0.25, -0.2) is 9.37 Å². The molecule has 27 heavy (non-hydrogen) atoms. The normalized spacial score (nSPS) is 13.4. The van der Waals surface area contributed by atoms with Crippen molar-refractivity contribution >= 4 is 35.0 Å². The van der Waals surface area contributed by atoms with Crippen LogP contribution in [0.25, 0.3) is 0 Å². The van der Waals surface area contributed by atoms with E-state index in [1.165, 1.54) is 41.9 Å². The van der Waals surface area contributed by atoms with Crippen LogP contribution in [-0.4, -0.2) is 16.6 Å². The molecule has 0 aliphatic heterocycles. The quantitative estimate of drug-likeness (QED) is 0.554. The zero-order valence-corrected chi connectivity index (χ0v) is 16.3. The summed E-state index contributed by atoms with van der Waals surface area (Å²) in [6.45, 7) is 0. The van der Waals surface area contributed by atoms with Crippen LogP contribution in [0.2, 0.25) is 5.02 Å². The number of carbonyl (C=O) groups is 1. The lowest BCUT2D eigenvalue weighted by atomic mass is 10.1. The first-order valence-corrected chi connectivity index (χ1v) is 10.2. The van der Waals surface area contributed by atoms with Crippen molar-refractivity contribution < 1.29 is 9.18 Å². The standard InChI is InChI=1S/C20H19ClFN3OS/c21-16-11-15(6-7-17(16)22)24-19(26)8-9-27-20-14(12-23)10-13-4-2-1-3-5-18(13)25-20/h6-7,10-11H,1-5,8-9H2,(H,24,26). The van der Waals surface area contributed by atoms with Gasteiger partial charge in [-0.15, -0.1) is 11.8 Å². The first kappa shape index (κ1) is 19.7. The number of nitrogens with zero attached hydrogens (tertiary/aromatic N) is 2. The van der Waals surface area contributed by atoms with Crippen LogP contribution in [0.5, 0.6) is 0 Å². The van der Waals surface area contributed by atoms with E-state index in [0.717, 1.165) is 31.4 Å². The van der Waals surface area contributed by atoms with Crippen molar-refractivity contribution in [2.75, 3.05) is 11.1 Å². The molecule has 0 atom stereocenters. The molecule has 7 heteroatoms. The smallest absolute Gasteiger partial charge is 0.225 e. The molecule has 0 unspecified atom stereocenters. The maximum atomic E-state index is 13.2. The minimum atomic E-state index is -0.525. The second-order valence-electron chi connectivity index (χ2n) is 6.39. The average Bonchev–Trinajstić information content (AvgIpc) is 2.88. The predicted octanol–water partition coefficient (Wildman–Crippen LogP) is 5.14. The molecule has 0 saturated heterocycles. The van der Waals surface area contributed by atoms with Crippen LogP contribution < -0.4 is 5.32 Å². The van der Waals surface area contributed by atoms with Crippen molar-refractivity contribution in [2.24, 2.45) is 0 Å². The summed E-state index contributed by atoms with van der Waals surface area (Å²) in [4.78, 5) is 16.8. The molecule has 1 aliphatic rings. The molecule has 0 radical (unpaired) electrons. The van der Waals surface area contributed by atoms with E-state index in [1.807, 2.05) is 6.07 Å². The van der Waals surface area contributed by atoms with Gasteiger partial charge in [0.05, 0.1) is 10.6 Å². The van der Waals surface area contributed by atoms with Crippen molar-refractivity contribution in [1.82, 2.24) is 4.98 Å². The number of fused-ring (bicyclic) bond motifs is 1. The molecular formula is C20H19ClFN3OS. The SMILES string of the molecule is N#Cc1cc2c(nc1SCCC(=O)Nc1ccc(F)c(Cl)c1)CCCCC2. The molecule has 1 N–H and O–H groups in total. The molecule has 2 aromatic rings. The Morgan fingerprint density at radius 1 is 1.30 bits per heavy atom. The van der Waals surface area contributed by atoms with Gasteiger partial charge in [0.1, 0.15) is 16.9 Å². The highest BCUT2D eigenvalue weighted by atomic mass is 35.5. The van der Waals surface area contributed by atoms with Crippen molar-refractivity contribution in [3.63, 3.8) is 0 Å². The van der Waals surface area contributed by atoms with Crippen molar-refractivity contribution in [1.29, 1.82) is 5.26 Å². The Balaban J connectivity index is 1.59. The Kier molecular flexibility index (Phi) is 6.70. The van der Waals surface area contributed by atoms with Crippen LogP contribution >= 0.6 is 23.4 Å². The maximum absolute atomic E-state index is 13.2. The average molecular weight is 404 g/mol. The zero-order valence-electron chi connectivity index (χ0n) is 14.7. The molecule has 1 aliphatic carbocycles. The van der Waals surface area contributed by atoms with Crippen LogP contribution in [0.4, 0.5) is 10.1 Å². The Morgan fingerprint density at radius 3 is 2.89 bits per heavy atom. The molecule has 4 nitrogen and oxygen atoms in total. The molecule has 1 aromatic heterocycles. The van der Waals surface area contributed by atoms with E-state index in [4.69, 9.17) is 16.6 Å². The number of hydrogen-bond acceptors (Lipinski definition) is 4. The predicted molar refractivity (Wildman–Crippen MR) is 106 cm³/mol. The number of hydrogen-bond donors (Lipinski definition) is 1. The largest absolute Gasteiger partial charge is 0.326 e.